The molecule has 0 aliphatic carbocycles. The fourth-order valence-electron chi connectivity index (χ4n) is 1.95. The van der Waals surface area contributed by atoms with E-state index in [1.807, 2.05) is 13.8 Å². The second-order valence-electron chi connectivity index (χ2n) is 6.23. The largest absolute Gasteiger partial charge is 0.501 e. The van der Waals surface area contributed by atoms with Gasteiger partial charge in [0.25, 0.3) is 9.84 Å². The second-order valence-corrected chi connectivity index (χ2v) is 8.14. The van der Waals surface area contributed by atoms with Crippen molar-refractivity contribution in [3.63, 3.8) is 0 Å². The predicted octanol–water partition coefficient (Wildman–Crippen LogP) is 3.58. The molecule has 0 aliphatic heterocycles. The van der Waals surface area contributed by atoms with Gasteiger partial charge in [0.15, 0.2) is 0 Å². The van der Waals surface area contributed by atoms with Gasteiger partial charge in [-0.25, -0.2) is 8.42 Å². The van der Waals surface area contributed by atoms with E-state index in [1.165, 1.54) is 18.2 Å². The summed E-state index contributed by atoms with van der Waals surface area (Å²) in [6.45, 7) is 5.50. The first-order valence-corrected chi connectivity index (χ1v) is 8.72. The molecule has 1 rings (SSSR count). The van der Waals surface area contributed by atoms with Gasteiger partial charge in [-0.05, 0) is 37.8 Å². The predicted molar refractivity (Wildman–Crippen MR) is 82.9 cm³/mol. The summed E-state index contributed by atoms with van der Waals surface area (Å²) >= 11 is 0. The Morgan fingerprint density at radius 3 is 2.30 bits per heavy atom. The summed E-state index contributed by atoms with van der Waals surface area (Å²) in [5.74, 6) is 0.374. The van der Waals surface area contributed by atoms with Crippen LogP contribution in [0.25, 0.3) is 0 Å². The van der Waals surface area contributed by atoms with Gasteiger partial charge in [0.2, 0.25) is 0 Å². The Hall–Kier alpha value is -1.28. The monoisotopic (exact) mass is 353 g/mol. The van der Waals surface area contributed by atoms with Gasteiger partial charge in [0, 0.05) is 6.54 Å². The van der Waals surface area contributed by atoms with Crippen LogP contribution in [-0.2, 0) is 9.84 Å². The molecule has 23 heavy (non-hydrogen) atoms. The molecule has 1 aromatic rings. The number of hydrogen-bond acceptors (Lipinski definition) is 4. The summed E-state index contributed by atoms with van der Waals surface area (Å²) in [6, 6.07) is 4.80. The Bertz CT molecular complexity index is 625. The molecule has 0 heterocycles. The van der Waals surface area contributed by atoms with Crippen molar-refractivity contribution in [1.29, 1.82) is 0 Å². The number of hydrogen-bond donors (Lipinski definition) is 2. The number of para-hydroxylation sites is 1. The van der Waals surface area contributed by atoms with E-state index in [9.17, 15) is 26.7 Å². The maximum Gasteiger partial charge on any atom is 0.501 e. The molecule has 1 atom stereocenters. The highest BCUT2D eigenvalue weighted by atomic mass is 32.2. The quantitative estimate of drug-likeness (QED) is 0.786. The highest BCUT2D eigenvalue weighted by Crippen LogP contribution is 2.34. The van der Waals surface area contributed by atoms with Crippen LogP contribution in [0, 0.1) is 5.92 Å². The van der Waals surface area contributed by atoms with Crippen molar-refractivity contribution < 1.29 is 26.7 Å². The Labute approximate surface area is 134 Å². The van der Waals surface area contributed by atoms with E-state index in [0.29, 0.717) is 12.3 Å². The van der Waals surface area contributed by atoms with Crippen LogP contribution in [-0.4, -0.2) is 31.2 Å². The number of rotatable bonds is 7. The molecule has 0 aromatic heterocycles. The van der Waals surface area contributed by atoms with Gasteiger partial charge >= 0.3 is 5.51 Å². The van der Waals surface area contributed by atoms with Crippen molar-refractivity contribution in [2.75, 3.05) is 11.9 Å². The maximum absolute atomic E-state index is 12.7. The van der Waals surface area contributed by atoms with E-state index >= 15 is 0 Å². The molecule has 1 aromatic carbocycles. The third-order valence-corrected chi connectivity index (χ3v) is 4.95. The number of halogens is 3. The van der Waals surface area contributed by atoms with Crippen molar-refractivity contribution >= 4 is 15.5 Å². The highest BCUT2D eigenvalue weighted by molar-refractivity contribution is 7.92. The summed E-state index contributed by atoms with van der Waals surface area (Å²) in [7, 11) is -5.44. The maximum atomic E-state index is 12.7. The molecule has 0 aliphatic rings. The molecule has 2 N–H and O–H groups in total. The molecule has 0 saturated heterocycles. The molecule has 0 radical (unpaired) electrons. The third kappa shape index (κ3) is 5.39. The fourth-order valence-corrected chi connectivity index (χ4v) is 2.88. The van der Waals surface area contributed by atoms with Gasteiger partial charge in [0.05, 0.1) is 16.2 Å². The number of sulfone groups is 1. The summed E-state index contributed by atoms with van der Waals surface area (Å²) in [5.41, 5.74) is -6.70. The zero-order valence-electron chi connectivity index (χ0n) is 13.3. The molecule has 0 spiro atoms. The summed E-state index contributed by atoms with van der Waals surface area (Å²) in [6.07, 6.45) is 1.20. The molecule has 0 bridgehead atoms. The van der Waals surface area contributed by atoms with Crippen LogP contribution >= 0.6 is 0 Å². The van der Waals surface area contributed by atoms with Crippen molar-refractivity contribution in [2.24, 2.45) is 5.92 Å². The van der Waals surface area contributed by atoms with E-state index in [-0.39, 0.29) is 12.2 Å². The van der Waals surface area contributed by atoms with E-state index in [4.69, 9.17) is 0 Å². The molecule has 132 valence electrons. The Kier molecular flexibility index (Phi) is 6.09. The number of alkyl halides is 3. The normalized spacial score (nSPS) is 15.5. The Morgan fingerprint density at radius 1 is 1.22 bits per heavy atom. The minimum atomic E-state index is -5.44. The summed E-state index contributed by atoms with van der Waals surface area (Å²) in [4.78, 5) is -0.841. The molecule has 0 amide bonds. The van der Waals surface area contributed by atoms with Crippen LogP contribution in [0.15, 0.2) is 29.2 Å². The van der Waals surface area contributed by atoms with Gasteiger partial charge in [-0.3, -0.25) is 0 Å². The lowest BCUT2D eigenvalue weighted by molar-refractivity contribution is -0.0435. The zero-order chi connectivity index (χ0) is 17.9. The SMILES string of the molecule is CC(C)CCC(C)(O)CNc1ccccc1S(=O)(=O)C(F)(F)F. The average molecular weight is 353 g/mol. The highest BCUT2D eigenvalue weighted by Gasteiger charge is 2.47. The lowest BCUT2D eigenvalue weighted by Crippen LogP contribution is -2.34. The third-order valence-electron chi connectivity index (χ3n) is 3.40. The summed E-state index contributed by atoms with van der Waals surface area (Å²) < 4.78 is 61.3. The number of aliphatic hydroxyl groups is 1. The van der Waals surface area contributed by atoms with Gasteiger partial charge in [-0.1, -0.05) is 26.0 Å². The van der Waals surface area contributed by atoms with Gasteiger partial charge in [-0.2, -0.15) is 13.2 Å². The van der Waals surface area contributed by atoms with Crippen molar-refractivity contribution in [1.82, 2.24) is 0 Å². The van der Waals surface area contributed by atoms with Gasteiger partial charge in [0.1, 0.15) is 0 Å². The van der Waals surface area contributed by atoms with Crippen LogP contribution < -0.4 is 5.32 Å². The van der Waals surface area contributed by atoms with Crippen LogP contribution in [0.5, 0.6) is 0 Å². The molecule has 0 saturated carbocycles. The Balaban J connectivity index is 2.96. The van der Waals surface area contributed by atoms with Crippen LogP contribution in [0.3, 0.4) is 0 Å². The van der Waals surface area contributed by atoms with Crippen LogP contribution in [0.2, 0.25) is 0 Å². The first-order chi connectivity index (χ1) is 10.4. The number of nitrogens with one attached hydrogen (secondary N) is 1. The smallest absolute Gasteiger partial charge is 0.388 e. The fraction of sp³-hybridized carbons (Fsp3) is 0.600. The summed E-state index contributed by atoms with van der Waals surface area (Å²) in [5, 5.41) is 12.9. The molecule has 1 unspecified atom stereocenters. The van der Waals surface area contributed by atoms with E-state index in [1.54, 1.807) is 6.92 Å². The topological polar surface area (TPSA) is 66.4 Å². The Morgan fingerprint density at radius 2 is 1.78 bits per heavy atom. The molecular formula is C15H22F3NO3S. The molecule has 4 nitrogen and oxygen atoms in total. The first kappa shape index (κ1) is 19.8. The minimum Gasteiger partial charge on any atom is -0.388 e. The lowest BCUT2D eigenvalue weighted by atomic mass is 9.95. The number of anilines is 1. The van der Waals surface area contributed by atoms with Crippen LogP contribution in [0.1, 0.15) is 33.6 Å². The lowest BCUT2D eigenvalue weighted by Gasteiger charge is -2.26. The van der Waals surface area contributed by atoms with Crippen molar-refractivity contribution in [3.05, 3.63) is 24.3 Å². The average Bonchev–Trinajstić information content (AvgIpc) is 2.42. The van der Waals surface area contributed by atoms with Gasteiger partial charge < -0.3 is 10.4 Å². The van der Waals surface area contributed by atoms with E-state index in [2.05, 4.69) is 5.32 Å². The zero-order valence-corrected chi connectivity index (χ0v) is 14.1. The second kappa shape index (κ2) is 7.09. The van der Waals surface area contributed by atoms with Crippen molar-refractivity contribution in [2.45, 2.75) is 49.6 Å². The number of benzene rings is 1. The molecule has 8 heteroatoms. The van der Waals surface area contributed by atoms with E-state index < -0.39 is 25.8 Å². The van der Waals surface area contributed by atoms with E-state index in [0.717, 1.165) is 12.5 Å². The van der Waals surface area contributed by atoms with Crippen molar-refractivity contribution in [3.8, 4) is 0 Å². The minimum absolute atomic E-state index is 0.0515. The molecular weight excluding hydrogens is 331 g/mol. The van der Waals surface area contributed by atoms with Crippen LogP contribution in [0.4, 0.5) is 18.9 Å². The van der Waals surface area contributed by atoms with Gasteiger partial charge in [-0.15, -0.1) is 0 Å². The first-order valence-electron chi connectivity index (χ1n) is 7.23. The molecule has 0 fully saturated rings. The standard InChI is InChI=1S/C15H22F3NO3S/c1-11(2)8-9-14(3,20)10-19-12-6-4-5-7-13(12)23(21,22)15(16,17)18/h4-7,11,19-20H,8-10H2,1-3H3.